The summed E-state index contributed by atoms with van der Waals surface area (Å²) in [5.74, 6) is -1.31. The molecule has 1 aromatic rings. The molecule has 114 valence electrons. The Morgan fingerprint density at radius 3 is 2.48 bits per heavy atom. The van der Waals surface area contributed by atoms with Crippen molar-refractivity contribution in [2.75, 3.05) is 13.1 Å². The van der Waals surface area contributed by atoms with Crippen molar-refractivity contribution in [3.05, 3.63) is 35.4 Å². The van der Waals surface area contributed by atoms with Crippen molar-refractivity contribution in [3.63, 3.8) is 0 Å². The number of hydrogen-bond acceptors (Lipinski definition) is 2. The number of ketones is 1. The topological polar surface area (TPSA) is 37.4 Å². The van der Waals surface area contributed by atoms with Crippen LogP contribution >= 0.6 is 0 Å². The lowest BCUT2D eigenvalue weighted by Gasteiger charge is -2.31. The fraction of sp³-hybridized carbons (Fsp3) is 0.500. The minimum atomic E-state index is -0.800. The van der Waals surface area contributed by atoms with E-state index in [4.69, 9.17) is 0 Å². The number of nitrogens with zero attached hydrogens (tertiary/aromatic N) is 1. The molecule has 0 aromatic heterocycles. The average molecular weight is 295 g/mol. The predicted molar refractivity (Wildman–Crippen MR) is 74.9 cm³/mol. The molecule has 2 rings (SSSR count). The fourth-order valence-corrected chi connectivity index (χ4v) is 2.72. The summed E-state index contributed by atoms with van der Waals surface area (Å²) in [7, 11) is 0. The lowest BCUT2D eigenvalue weighted by Crippen LogP contribution is -2.37. The third-order valence-corrected chi connectivity index (χ3v) is 4.07. The highest BCUT2D eigenvalue weighted by Crippen LogP contribution is 2.23. The van der Waals surface area contributed by atoms with Gasteiger partial charge in [-0.3, -0.25) is 9.59 Å². The first-order valence-electron chi connectivity index (χ1n) is 7.21. The minimum Gasteiger partial charge on any atom is -0.343 e. The van der Waals surface area contributed by atoms with E-state index in [-0.39, 0.29) is 23.7 Å². The molecule has 1 aliphatic rings. The number of halogens is 2. The smallest absolute Gasteiger partial charge is 0.219 e. The first-order valence-corrected chi connectivity index (χ1v) is 7.21. The van der Waals surface area contributed by atoms with Crippen LogP contribution in [0.25, 0.3) is 0 Å². The largest absolute Gasteiger partial charge is 0.343 e. The van der Waals surface area contributed by atoms with Crippen LogP contribution in [0.3, 0.4) is 0 Å². The third-order valence-electron chi connectivity index (χ3n) is 4.07. The quantitative estimate of drug-likeness (QED) is 0.800. The first-order chi connectivity index (χ1) is 9.97. The molecular formula is C16H19F2NO2. The molecule has 1 saturated heterocycles. The van der Waals surface area contributed by atoms with Crippen LogP contribution < -0.4 is 0 Å². The molecule has 1 heterocycles. The molecule has 0 saturated carbocycles. The second-order valence-corrected chi connectivity index (χ2v) is 5.54. The first kappa shape index (κ1) is 15.6. The van der Waals surface area contributed by atoms with Crippen LogP contribution in [0.1, 0.15) is 43.0 Å². The standard InChI is InChI=1S/C16H19F2NO2/c1-11(20)19-8-6-12(7-9-19)2-5-16(21)14-4-3-13(17)10-15(14)18/h3-4,10,12H,2,5-9H2,1H3. The van der Waals surface area contributed by atoms with Crippen LogP contribution in [0.2, 0.25) is 0 Å². The van der Waals surface area contributed by atoms with Gasteiger partial charge in [0.15, 0.2) is 5.78 Å². The zero-order valence-electron chi connectivity index (χ0n) is 12.1. The van der Waals surface area contributed by atoms with Crippen molar-refractivity contribution in [1.82, 2.24) is 4.90 Å². The van der Waals surface area contributed by atoms with Gasteiger partial charge in [0.05, 0.1) is 5.56 Å². The van der Waals surface area contributed by atoms with E-state index >= 15 is 0 Å². The Hall–Kier alpha value is -1.78. The highest BCUT2D eigenvalue weighted by atomic mass is 19.1. The Labute approximate surface area is 122 Å². The van der Waals surface area contributed by atoms with Crippen LogP contribution in [0.5, 0.6) is 0 Å². The Kier molecular flexibility index (Phi) is 5.04. The number of likely N-dealkylation sites (tertiary alicyclic amines) is 1. The summed E-state index contributed by atoms with van der Waals surface area (Å²) in [5.41, 5.74) is -0.0439. The van der Waals surface area contributed by atoms with Gasteiger partial charge in [0, 0.05) is 32.5 Å². The summed E-state index contributed by atoms with van der Waals surface area (Å²) in [5, 5.41) is 0. The summed E-state index contributed by atoms with van der Waals surface area (Å²) < 4.78 is 26.3. The molecule has 0 N–H and O–H groups in total. The van der Waals surface area contributed by atoms with Crippen LogP contribution in [-0.2, 0) is 4.79 Å². The predicted octanol–water partition coefficient (Wildman–Crippen LogP) is 3.19. The van der Waals surface area contributed by atoms with Gasteiger partial charge in [-0.15, -0.1) is 0 Å². The number of rotatable bonds is 4. The number of amides is 1. The fourth-order valence-electron chi connectivity index (χ4n) is 2.72. The zero-order chi connectivity index (χ0) is 15.4. The maximum Gasteiger partial charge on any atom is 0.219 e. The van der Waals surface area contributed by atoms with Crippen molar-refractivity contribution in [3.8, 4) is 0 Å². The van der Waals surface area contributed by atoms with E-state index in [0.29, 0.717) is 12.3 Å². The van der Waals surface area contributed by atoms with E-state index in [9.17, 15) is 18.4 Å². The molecular weight excluding hydrogens is 276 g/mol. The molecule has 0 spiro atoms. The maximum absolute atomic E-state index is 13.5. The van der Waals surface area contributed by atoms with E-state index in [2.05, 4.69) is 0 Å². The molecule has 1 fully saturated rings. The van der Waals surface area contributed by atoms with Crippen molar-refractivity contribution in [2.45, 2.75) is 32.6 Å². The number of piperidine rings is 1. The lowest BCUT2D eigenvalue weighted by atomic mass is 9.90. The summed E-state index contributed by atoms with van der Waals surface area (Å²) in [6.07, 6.45) is 2.69. The molecule has 0 unspecified atom stereocenters. The van der Waals surface area contributed by atoms with E-state index in [0.717, 1.165) is 38.1 Å². The van der Waals surface area contributed by atoms with Crippen molar-refractivity contribution in [2.24, 2.45) is 5.92 Å². The van der Waals surface area contributed by atoms with Gasteiger partial charge in [-0.25, -0.2) is 8.78 Å². The van der Waals surface area contributed by atoms with Gasteiger partial charge >= 0.3 is 0 Å². The molecule has 0 bridgehead atoms. The van der Waals surface area contributed by atoms with Crippen molar-refractivity contribution >= 4 is 11.7 Å². The second kappa shape index (κ2) is 6.78. The van der Waals surface area contributed by atoms with E-state index in [1.807, 2.05) is 0 Å². The summed E-state index contributed by atoms with van der Waals surface area (Å²) in [4.78, 5) is 25.0. The van der Waals surface area contributed by atoms with Gasteiger partial charge < -0.3 is 4.90 Å². The average Bonchev–Trinajstić information content (AvgIpc) is 2.45. The number of carbonyl (C=O) groups excluding carboxylic acids is 2. The van der Waals surface area contributed by atoms with Crippen molar-refractivity contribution < 1.29 is 18.4 Å². The van der Waals surface area contributed by atoms with Gasteiger partial charge in [0.1, 0.15) is 11.6 Å². The van der Waals surface area contributed by atoms with Crippen molar-refractivity contribution in [1.29, 1.82) is 0 Å². The van der Waals surface area contributed by atoms with E-state index in [1.165, 1.54) is 6.07 Å². The highest BCUT2D eigenvalue weighted by molar-refractivity contribution is 5.96. The Balaban J connectivity index is 1.83. The number of carbonyl (C=O) groups is 2. The number of benzene rings is 1. The van der Waals surface area contributed by atoms with E-state index < -0.39 is 11.6 Å². The molecule has 3 nitrogen and oxygen atoms in total. The summed E-state index contributed by atoms with van der Waals surface area (Å²) in [6.45, 7) is 3.00. The van der Waals surface area contributed by atoms with E-state index in [1.54, 1.807) is 11.8 Å². The van der Waals surface area contributed by atoms with Crippen LogP contribution in [0, 0.1) is 17.6 Å². The van der Waals surface area contributed by atoms with Gasteiger partial charge in [0.25, 0.3) is 0 Å². The molecule has 1 amide bonds. The molecule has 1 aromatic carbocycles. The monoisotopic (exact) mass is 295 g/mol. The highest BCUT2D eigenvalue weighted by Gasteiger charge is 2.22. The third kappa shape index (κ3) is 4.09. The summed E-state index contributed by atoms with van der Waals surface area (Å²) in [6, 6.07) is 3.03. The SMILES string of the molecule is CC(=O)N1CCC(CCC(=O)c2ccc(F)cc2F)CC1. The lowest BCUT2D eigenvalue weighted by molar-refractivity contribution is -0.130. The molecule has 5 heteroatoms. The zero-order valence-corrected chi connectivity index (χ0v) is 12.1. The van der Waals surface area contributed by atoms with Crippen LogP contribution in [-0.4, -0.2) is 29.7 Å². The maximum atomic E-state index is 13.5. The molecule has 0 atom stereocenters. The van der Waals surface area contributed by atoms with Crippen LogP contribution in [0.4, 0.5) is 8.78 Å². The minimum absolute atomic E-state index is 0.0439. The molecule has 1 aliphatic heterocycles. The molecule has 21 heavy (non-hydrogen) atoms. The normalized spacial score (nSPS) is 16.0. The second-order valence-electron chi connectivity index (χ2n) is 5.54. The summed E-state index contributed by atoms with van der Waals surface area (Å²) >= 11 is 0. The van der Waals surface area contributed by atoms with Gasteiger partial charge in [0.2, 0.25) is 5.91 Å². The molecule has 0 aliphatic carbocycles. The Morgan fingerprint density at radius 2 is 1.90 bits per heavy atom. The number of Topliss-reactive ketones (excluding diaryl/α,β-unsaturated/α-hetero) is 1. The Bertz CT molecular complexity index is 537. The van der Waals surface area contributed by atoms with Gasteiger partial charge in [-0.2, -0.15) is 0 Å². The van der Waals surface area contributed by atoms with Crippen LogP contribution in [0.15, 0.2) is 18.2 Å². The molecule has 0 radical (unpaired) electrons. The number of hydrogen-bond donors (Lipinski definition) is 0. The Morgan fingerprint density at radius 1 is 1.24 bits per heavy atom. The van der Waals surface area contributed by atoms with Gasteiger partial charge in [-0.05, 0) is 37.3 Å². The van der Waals surface area contributed by atoms with Gasteiger partial charge in [-0.1, -0.05) is 0 Å².